The van der Waals surface area contributed by atoms with E-state index in [0.717, 1.165) is 43.1 Å². The number of aromatic amines is 1. The molecule has 1 aromatic heterocycles. The summed E-state index contributed by atoms with van der Waals surface area (Å²) in [5, 5.41) is 3.19. The number of carbonyl (C=O) groups is 1. The molecule has 1 atom stereocenters. The highest BCUT2D eigenvalue weighted by Gasteiger charge is 2.24. The Morgan fingerprint density at radius 1 is 1.04 bits per heavy atom. The summed E-state index contributed by atoms with van der Waals surface area (Å²) in [6.07, 6.45) is 7.56. The first-order valence-electron chi connectivity index (χ1n) is 10.3. The predicted octanol–water partition coefficient (Wildman–Crippen LogP) is 4.25. The Morgan fingerprint density at radius 2 is 1.86 bits per heavy atom. The van der Waals surface area contributed by atoms with Crippen molar-refractivity contribution in [2.75, 3.05) is 0 Å². The Balaban J connectivity index is 1.42. The quantitative estimate of drug-likeness (QED) is 0.719. The van der Waals surface area contributed by atoms with Gasteiger partial charge in [0.15, 0.2) is 0 Å². The number of aromatic nitrogens is 2. The maximum Gasteiger partial charge on any atom is 0.326 e. The van der Waals surface area contributed by atoms with Crippen molar-refractivity contribution in [1.82, 2.24) is 14.9 Å². The zero-order chi connectivity index (χ0) is 19.1. The van der Waals surface area contributed by atoms with E-state index in [1.165, 1.54) is 24.0 Å². The van der Waals surface area contributed by atoms with Crippen molar-refractivity contribution < 1.29 is 4.79 Å². The van der Waals surface area contributed by atoms with Gasteiger partial charge in [0.05, 0.1) is 17.1 Å². The molecule has 1 amide bonds. The highest BCUT2D eigenvalue weighted by atomic mass is 16.2. The SMILES string of the molecule is O=C(N[C@@H]1CCCc2ccccc21)c1ccc2c(c1)[nH]c(=O)n2C1CCCC1. The van der Waals surface area contributed by atoms with Crippen LogP contribution in [0.5, 0.6) is 0 Å². The highest BCUT2D eigenvalue weighted by molar-refractivity contribution is 5.97. The number of nitrogens with one attached hydrogen (secondary N) is 2. The second kappa shape index (κ2) is 6.97. The third-order valence-electron chi connectivity index (χ3n) is 6.34. The molecule has 1 saturated carbocycles. The van der Waals surface area contributed by atoms with Crippen LogP contribution in [0.25, 0.3) is 11.0 Å². The maximum absolute atomic E-state index is 12.9. The first kappa shape index (κ1) is 17.3. The van der Waals surface area contributed by atoms with Crippen LogP contribution in [-0.2, 0) is 6.42 Å². The van der Waals surface area contributed by atoms with E-state index in [1.807, 2.05) is 28.8 Å². The number of benzene rings is 2. The lowest BCUT2D eigenvalue weighted by atomic mass is 9.87. The van der Waals surface area contributed by atoms with Crippen molar-refractivity contribution >= 4 is 16.9 Å². The minimum Gasteiger partial charge on any atom is -0.345 e. The molecule has 5 heteroatoms. The Hall–Kier alpha value is -2.82. The lowest BCUT2D eigenvalue weighted by molar-refractivity contribution is 0.0933. The maximum atomic E-state index is 12.9. The van der Waals surface area contributed by atoms with Gasteiger partial charge in [0.1, 0.15) is 0 Å². The molecule has 1 fully saturated rings. The van der Waals surface area contributed by atoms with Gasteiger partial charge in [-0.05, 0) is 61.4 Å². The zero-order valence-corrected chi connectivity index (χ0v) is 15.9. The summed E-state index contributed by atoms with van der Waals surface area (Å²) in [6, 6.07) is 14.2. The van der Waals surface area contributed by atoms with Gasteiger partial charge >= 0.3 is 5.69 Å². The highest BCUT2D eigenvalue weighted by Crippen LogP contribution is 2.32. The van der Waals surface area contributed by atoms with Gasteiger partial charge in [-0.1, -0.05) is 37.1 Å². The molecule has 3 aromatic rings. The smallest absolute Gasteiger partial charge is 0.326 e. The number of aryl methyl sites for hydroxylation is 1. The summed E-state index contributed by atoms with van der Waals surface area (Å²) in [7, 11) is 0. The van der Waals surface area contributed by atoms with Gasteiger partial charge in [-0.3, -0.25) is 9.36 Å². The molecule has 0 unspecified atom stereocenters. The minimum atomic E-state index is -0.0851. The number of fused-ring (bicyclic) bond motifs is 2. The Bertz CT molecular complexity index is 1090. The van der Waals surface area contributed by atoms with E-state index in [9.17, 15) is 9.59 Å². The number of hydrogen-bond acceptors (Lipinski definition) is 2. The Morgan fingerprint density at radius 3 is 2.71 bits per heavy atom. The average molecular weight is 375 g/mol. The molecule has 5 nitrogen and oxygen atoms in total. The molecule has 5 rings (SSSR count). The molecule has 0 radical (unpaired) electrons. The van der Waals surface area contributed by atoms with Crippen LogP contribution in [0.1, 0.15) is 72.1 Å². The topological polar surface area (TPSA) is 66.9 Å². The van der Waals surface area contributed by atoms with Crippen LogP contribution in [0.15, 0.2) is 47.3 Å². The van der Waals surface area contributed by atoms with Gasteiger partial charge in [0.2, 0.25) is 0 Å². The summed E-state index contributed by atoms with van der Waals surface area (Å²) in [5.74, 6) is -0.0851. The van der Waals surface area contributed by atoms with Crippen LogP contribution < -0.4 is 11.0 Å². The fourth-order valence-electron chi connectivity index (χ4n) is 4.94. The van der Waals surface area contributed by atoms with Crippen LogP contribution in [0, 0.1) is 0 Å². The molecule has 144 valence electrons. The van der Waals surface area contributed by atoms with E-state index in [-0.39, 0.29) is 23.7 Å². The van der Waals surface area contributed by atoms with Crippen molar-refractivity contribution in [2.24, 2.45) is 0 Å². The summed E-state index contributed by atoms with van der Waals surface area (Å²) in [4.78, 5) is 28.3. The number of rotatable bonds is 3. The number of amides is 1. The number of carbonyl (C=O) groups excluding carboxylic acids is 1. The molecule has 28 heavy (non-hydrogen) atoms. The largest absolute Gasteiger partial charge is 0.345 e. The minimum absolute atomic E-state index is 0.0512. The normalized spacial score (nSPS) is 19.6. The van der Waals surface area contributed by atoms with Crippen LogP contribution in [0.2, 0.25) is 0 Å². The zero-order valence-electron chi connectivity index (χ0n) is 15.9. The van der Waals surface area contributed by atoms with Crippen LogP contribution in [0.4, 0.5) is 0 Å². The van der Waals surface area contributed by atoms with Crippen molar-refractivity contribution in [3.63, 3.8) is 0 Å². The molecular formula is C23H25N3O2. The van der Waals surface area contributed by atoms with Crippen LogP contribution in [0.3, 0.4) is 0 Å². The third-order valence-corrected chi connectivity index (χ3v) is 6.34. The summed E-state index contributed by atoms with van der Waals surface area (Å²) in [5.41, 5.74) is 4.72. The molecule has 0 saturated heterocycles. The van der Waals surface area contributed by atoms with E-state index in [4.69, 9.17) is 0 Å². The van der Waals surface area contributed by atoms with Crippen molar-refractivity contribution in [3.05, 3.63) is 69.6 Å². The molecule has 0 bridgehead atoms. The molecule has 0 spiro atoms. The van der Waals surface area contributed by atoms with E-state index in [1.54, 1.807) is 0 Å². The number of nitrogens with zero attached hydrogens (tertiary/aromatic N) is 1. The monoisotopic (exact) mass is 375 g/mol. The van der Waals surface area contributed by atoms with Gasteiger partial charge < -0.3 is 10.3 Å². The molecule has 2 aromatic carbocycles. The van der Waals surface area contributed by atoms with Crippen molar-refractivity contribution in [2.45, 2.75) is 57.0 Å². The van der Waals surface area contributed by atoms with Gasteiger partial charge in [-0.25, -0.2) is 4.79 Å². The van der Waals surface area contributed by atoms with E-state index in [0.29, 0.717) is 5.56 Å². The fourth-order valence-corrected chi connectivity index (χ4v) is 4.94. The Kier molecular flexibility index (Phi) is 4.30. The number of imidazole rings is 1. The molecule has 2 N–H and O–H groups in total. The first-order valence-corrected chi connectivity index (χ1v) is 10.3. The van der Waals surface area contributed by atoms with Gasteiger partial charge in [0.25, 0.3) is 5.91 Å². The van der Waals surface area contributed by atoms with Gasteiger partial charge in [0, 0.05) is 11.6 Å². The predicted molar refractivity (Wildman–Crippen MR) is 110 cm³/mol. The van der Waals surface area contributed by atoms with E-state index < -0.39 is 0 Å². The third kappa shape index (κ3) is 2.95. The lowest BCUT2D eigenvalue weighted by Gasteiger charge is -2.26. The molecule has 0 aliphatic heterocycles. The number of H-pyrrole nitrogens is 1. The number of hydrogen-bond donors (Lipinski definition) is 2. The van der Waals surface area contributed by atoms with E-state index >= 15 is 0 Å². The standard InChI is InChI=1S/C23H25N3O2/c27-22(24-19-11-5-7-15-6-1-4-10-18(15)19)16-12-13-21-20(14-16)25-23(28)26(21)17-8-2-3-9-17/h1,4,6,10,12-14,17,19H,2-3,5,7-9,11H2,(H,24,27)(H,25,28)/t19-/m1/s1. The summed E-state index contributed by atoms with van der Waals surface area (Å²) in [6.45, 7) is 0. The molecule has 2 aliphatic carbocycles. The second-order valence-electron chi connectivity index (χ2n) is 8.09. The van der Waals surface area contributed by atoms with Crippen LogP contribution in [-0.4, -0.2) is 15.5 Å². The molecule has 1 heterocycles. The average Bonchev–Trinajstić information content (AvgIpc) is 3.34. The fraction of sp³-hybridized carbons (Fsp3) is 0.391. The first-order chi connectivity index (χ1) is 13.7. The van der Waals surface area contributed by atoms with Crippen molar-refractivity contribution in [3.8, 4) is 0 Å². The van der Waals surface area contributed by atoms with Crippen LogP contribution >= 0.6 is 0 Å². The summed E-state index contributed by atoms with van der Waals surface area (Å²) >= 11 is 0. The lowest BCUT2D eigenvalue weighted by Crippen LogP contribution is -2.30. The summed E-state index contributed by atoms with van der Waals surface area (Å²) < 4.78 is 1.88. The van der Waals surface area contributed by atoms with Gasteiger partial charge in [-0.2, -0.15) is 0 Å². The van der Waals surface area contributed by atoms with Crippen molar-refractivity contribution in [1.29, 1.82) is 0 Å². The van der Waals surface area contributed by atoms with Gasteiger partial charge in [-0.15, -0.1) is 0 Å². The second-order valence-corrected chi connectivity index (χ2v) is 8.09. The molecular weight excluding hydrogens is 350 g/mol. The molecule has 2 aliphatic rings. The van der Waals surface area contributed by atoms with E-state index in [2.05, 4.69) is 28.5 Å². The Labute approximate surface area is 163 Å².